The van der Waals surface area contributed by atoms with Crippen molar-refractivity contribution in [2.75, 3.05) is 21.0 Å². The second-order valence-electron chi connectivity index (χ2n) is 4.94. The molecule has 1 aliphatic rings. The molecule has 0 atom stereocenters. The number of nitrogens with one attached hydrogen (secondary N) is 1. The van der Waals surface area contributed by atoms with E-state index in [9.17, 15) is 4.79 Å². The first-order valence-corrected chi connectivity index (χ1v) is 7.10. The summed E-state index contributed by atoms with van der Waals surface area (Å²) in [5.74, 6) is 2.26. The molecule has 0 radical (unpaired) electrons. The highest BCUT2D eigenvalue weighted by atomic mass is 16.7. The van der Waals surface area contributed by atoms with E-state index in [0.29, 0.717) is 29.4 Å². The number of amides is 1. The number of benzene rings is 2. The van der Waals surface area contributed by atoms with Gasteiger partial charge in [0.15, 0.2) is 11.5 Å². The van der Waals surface area contributed by atoms with Gasteiger partial charge in [-0.25, -0.2) is 0 Å². The summed E-state index contributed by atoms with van der Waals surface area (Å²) in [6.45, 7) is 0.599. The highest BCUT2D eigenvalue weighted by molar-refractivity contribution is 5.97. The number of fused-ring (bicyclic) bond motifs is 1. The van der Waals surface area contributed by atoms with Gasteiger partial charge in [-0.3, -0.25) is 4.79 Å². The molecule has 2 aromatic carbocycles. The zero-order valence-corrected chi connectivity index (χ0v) is 12.9. The van der Waals surface area contributed by atoms with E-state index in [1.54, 1.807) is 25.3 Å². The van der Waals surface area contributed by atoms with Crippen LogP contribution in [0.4, 0.5) is 0 Å². The van der Waals surface area contributed by atoms with E-state index < -0.39 is 0 Å². The first kappa shape index (κ1) is 15.0. The van der Waals surface area contributed by atoms with Gasteiger partial charge in [0, 0.05) is 6.54 Å². The first-order valence-electron chi connectivity index (χ1n) is 7.10. The normalized spacial score (nSPS) is 11.9. The van der Waals surface area contributed by atoms with Crippen molar-refractivity contribution < 1.29 is 23.7 Å². The standard InChI is InChI=1S/C17H17NO5/c1-20-12-4-6-14(21-2)13(8-12)17(19)18-9-11-3-5-15-16(7-11)23-10-22-15/h3-8H,9-10H2,1-2H3,(H,18,19). The van der Waals surface area contributed by atoms with Crippen molar-refractivity contribution in [1.82, 2.24) is 5.32 Å². The Kier molecular flexibility index (Phi) is 4.23. The SMILES string of the molecule is COc1ccc(OC)c(C(=O)NCc2ccc3c(c2)OCO3)c1. The summed E-state index contributed by atoms with van der Waals surface area (Å²) in [4.78, 5) is 12.4. The van der Waals surface area contributed by atoms with Crippen LogP contribution in [0.5, 0.6) is 23.0 Å². The average Bonchev–Trinajstić information content (AvgIpc) is 3.06. The summed E-state index contributed by atoms with van der Waals surface area (Å²) in [5, 5.41) is 2.86. The molecule has 1 heterocycles. The molecule has 0 saturated heterocycles. The lowest BCUT2D eigenvalue weighted by molar-refractivity contribution is 0.0947. The van der Waals surface area contributed by atoms with E-state index in [-0.39, 0.29) is 12.7 Å². The van der Waals surface area contributed by atoms with Gasteiger partial charge in [0.25, 0.3) is 5.91 Å². The Hall–Kier alpha value is -2.89. The summed E-state index contributed by atoms with van der Waals surface area (Å²) in [6, 6.07) is 10.7. The van der Waals surface area contributed by atoms with Crippen molar-refractivity contribution in [2.24, 2.45) is 0 Å². The van der Waals surface area contributed by atoms with Gasteiger partial charge in [-0.15, -0.1) is 0 Å². The zero-order chi connectivity index (χ0) is 16.2. The number of carbonyl (C=O) groups is 1. The van der Waals surface area contributed by atoms with Crippen LogP contribution in [0.3, 0.4) is 0 Å². The second kappa shape index (κ2) is 6.48. The number of hydrogen-bond donors (Lipinski definition) is 1. The summed E-state index contributed by atoms with van der Waals surface area (Å²) in [7, 11) is 3.08. The molecule has 0 unspecified atom stereocenters. The number of methoxy groups -OCH3 is 2. The molecular formula is C17H17NO5. The first-order chi connectivity index (χ1) is 11.2. The van der Waals surface area contributed by atoms with Gasteiger partial charge in [0.2, 0.25) is 6.79 Å². The van der Waals surface area contributed by atoms with E-state index in [1.807, 2.05) is 18.2 Å². The molecular weight excluding hydrogens is 298 g/mol. The number of carbonyl (C=O) groups excluding carboxylic acids is 1. The lowest BCUT2D eigenvalue weighted by atomic mass is 10.1. The van der Waals surface area contributed by atoms with Crippen LogP contribution in [-0.2, 0) is 6.54 Å². The fraction of sp³-hybridized carbons (Fsp3) is 0.235. The lowest BCUT2D eigenvalue weighted by Gasteiger charge is -2.11. The minimum atomic E-state index is -0.238. The average molecular weight is 315 g/mol. The van der Waals surface area contributed by atoms with Crippen LogP contribution in [0.15, 0.2) is 36.4 Å². The quantitative estimate of drug-likeness (QED) is 0.917. The maximum Gasteiger partial charge on any atom is 0.255 e. The predicted octanol–water partition coefficient (Wildman–Crippen LogP) is 2.36. The molecule has 0 spiro atoms. The highest BCUT2D eigenvalue weighted by Crippen LogP contribution is 2.32. The van der Waals surface area contributed by atoms with Crippen LogP contribution >= 0.6 is 0 Å². The molecule has 1 amide bonds. The molecule has 0 bridgehead atoms. The fourth-order valence-corrected chi connectivity index (χ4v) is 2.32. The largest absolute Gasteiger partial charge is 0.497 e. The molecule has 6 nitrogen and oxygen atoms in total. The minimum Gasteiger partial charge on any atom is -0.497 e. The van der Waals surface area contributed by atoms with Gasteiger partial charge in [-0.1, -0.05) is 6.07 Å². The number of hydrogen-bond acceptors (Lipinski definition) is 5. The Morgan fingerprint density at radius 2 is 1.91 bits per heavy atom. The second-order valence-corrected chi connectivity index (χ2v) is 4.94. The maximum absolute atomic E-state index is 12.4. The molecule has 0 saturated carbocycles. The summed E-state index contributed by atoms with van der Waals surface area (Å²) >= 11 is 0. The number of ether oxygens (including phenoxy) is 4. The predicted molar refractivity (Wildman–Crippen MR) is 83.3 cm³/mol. The lowest BCUT2D eigenvalue weighted by Crippen LogP contribution is -2.23. The summed E-state index contributed by atoms with van der Waals surface area (Å²) in [5.41, 5.74) is 1.34. The number of rotatable bonds is 5. The van der Waals surface area contributed by atoms with Crippen molar-refractivity contribution in [2.45, 2.75) is 6.54 Å². The van der Waals surface area contributed by atoms with E-state index in [1.165, 1.54) is 7.11 Å². The van der Waals surface area contributed by atoms with Crippen LogP contribution in [0.1, 0.15) is 15.9 Å². The van der Waals surface area contributed by atoms with Crippen molar-refractivity contribution in [3.63, 3.8) is 0 Å². The van der Waals surface area contributed by atoms with Crippen molar-refractivity contribution in [1.29, 1.82) is 0 Å². The van der Waals surface area contributed by atoms with Gasteiger partial charge in [-0.05, 0) is 35.9 Å². The van der Waals surface area contributed by atoms with Crippen LogP contribution in [-0.4, -0.2) is 26.9 Å². The van der Waals surface area contributed by atoms with Crippen molar-refractivity contribution in [3.05, 3.63) is 47.5 Å². The smallest absolute Gasteiger partial charge is 0.255 e. The van der Waals surface area contributed by atoms with Gasteiger partial charge in [0.1, 0.15) is 11.5 Å². The molecule has 2 aromatic rings. The van der Waals surface area contributed by atoms with E-state index in [4.69, 9.17) is 18.9 Å². The molecule has 1 N–H and O–H groups in total. The summed E-state index contributed by atoms with van der Waals surface area (Å²) < 4.78 is 21.0. The fourth-order valence-electron chi connectivity index (χ4n) is 2.32. The summed E-state index contributed by atoms with van der Waals surface area (Å²) in [6.07, 6.45) is 0. The van der Waals surface area contributed by atoms with E-state index in [0.717, 1.165) is 11.3 Å². The maximum atomic E-state index is 12.4. The third-order valence-corrected chi connectivity index (χ3v) is 3.54. The molecule has 120 valence electrons. The minimum absolute atomic E-state index is 0.228. The van der Waals surface area contributed by atoms with Crippen LogP contribution in [0.25, 0.3) is 0 Å². The van der Waals surface area contributed by atoms with Crippen molar-refractivity contribution >= 4 is 5.91 Å². The third-order valence-electron chi connectivity index (χ3n) is 3.54. The molecule has 3 rings (SSSR count). The van der Waals surface area contributed by atoms with Crippen molar-refractivity contribution in [3.8, 4) is 23.0 Å². The molecule has 0 fully saturated rings. The Morgan fingerprint density at radius 3 is 2.70 bits per heavy atom. The topological polar surface area (TPSA) is 66.0 Å². The van der Waals surface area contributed by atoms with Crippen LogP contribution in [0, 0.1) is 0 Å². The van der Waals surface area contributed by atoms with E-state index >= 15 is 0 Å². The van der Waals surface area contributed by atoms with Gasteiger partial charge < -0.3 is 24.3 Å². The van der Waals surface area contributed by atoms with Crippen LogP contribution < -0.4 is 24.3 Å². The Balaban J connectivity index is 1.72. The van der Waals surface area contributed by atoms with Gasteiger partial charge >= 0.3 is 0 Å². The van der Waals surface area contributed by atoms with E-state index in [2.05, 4.69) is 5.32 Å². The monoisotopic (exact) mass is 315 g/mol. The highest BCUT2D eigenvalue weighted by Gasteiger charge is 2.15. The Bertz CT molecular complexity index is 729. The zero-order valence-electron chi connectivity index (χ0n) is 12.9. The van der Waals surface area contributed by atoms with Crippen LogP contribution in [0.2, 0.25) is 0 Å². The molecule has 6 heteroatoms. The van der Waals surface area contributed by atoms with Gasteiger partial charge in [-0.2, -0.15) is 0 Å². The molecule has 23 heavy (non-hydrogen) atoms. The third kappa shape index (κ3) is 3.15. The Labute approximate surface area is 133 Å². The molecule has 1 aliphatic heterocycles. The molecule has 0 aliphatic carbocycles. The van der Waals surface area contributed by atoms with Gasteiger partial charge in [0.05, 0.1) is 19.8 Å². The molecule has 0 aromatic heterocycles. The Morgan fingerprint density at radius 1 is 1.09 bits per heavy atom.